The molecule has 0 radical (unpaired) electrons. The second kappa shape index (κ2) is 4.43. The molecule has 5 heteroatoms. The van der Waals surface area contributed by atoms with E-state index in [4.69, 9.17) is 5.11 Å². The van der Waals surface area contributed by atoms with E-state index in [0.29, 0.717) is 0 Å². The van der Waals surface area contributed by atoms with Crippen LogP contribution in [0.2, 0.25) is 0 Å². The SMILES string of the molecule is CC(C)(C)C(=O)NC(C(=O)O)C(C)(C)S. The Kier molecular flexibility index (Phi) is 4.22. The molecule has 0 aliphatic heterocycles. The highest BCUT2D eigenvalue weighted by molar-refractivity contribution is 7.81. The summed E-state index contributed by atoms with van der Waals surface area (Å²) < 4.78 is -0.799. The molecular weight excluding hydrogens is 214 g/mol. The van der Waals surface area contributed by atoms with Crippen LogP contribution in [-0.4, -0.2) is 27.8 Å². The summed E-state index contributed by atoms with van der Waals surface area (Å²) in [4.78, 5) is 22.6. The maximum Gasteiger partial charge on any atom is 0.327 e. The summed E-state index contributed by atoms with van der Waals surface area (Å²) in [6, 6.07) is -0.993. The van der Waals surface area contributed by atoms with Gasteiger partial charge < -0.3 is 10.4 Å². The van der Waals surface area contributed by atoms with Crippen molar-refractivity contribution in [3.63, 3.8) is 0 Å². The second-order valence-electron chi connectivity index (χ2n) is 5.15. The standard InChI is InChI=1S/C10H19NO3S/c1-9(2,3)8(14)11-6(7(12)13)10(4,5)15/h6,15H,1-5H3,(H,11,14)(H,12,13). The van der Waals surface area contributed by atoms with Crippen molar-refractivity contribution in [1.29, 1.82) is 0 Å². The molecule has 0 saturated heterocycles. The molecule has 1 atom stereocenters. The van der Waals surface area contributed by atoms with Crippen molar-refractivity contribution in [3.8, 4) is 0 Å². The van der Waals surface area contributed by atoms with Gasteiger partial charge in [-0.2, -0.15) is 12.6 Å². The van der Waals surface area contributed by atoms with Crippen molar-refractivity contribution < 1.29 is 14.7 Å². The zero-order valence-electron chi connectivity index (χ0n) is 9.79. The van der Waals surface area contributed by atoms with Crippen LogP contribution < -0.4 is 5.32 Å². The van der Waals surface area contributed by atoms with E-state index in [9.17, 15) is 9.59 Å². The van der Waals surface area contributed by atoms with Gasteiger partial charge in [0.25, 0.3) is 0 Å². The Hall–Kier alpha value is -0.710. The molecule has 0 rings (SSSR count). The Morgan fingerprint density at radius 2 is 1.60 bits per heavy atom. The molecule has 0 aromatic rings. The lowest BCUT2D eigenvalue weighted by Crippen LogP contribution is -2.54. The van der Waals surface area contributed by atoms with E-state index in [1.807, 2.05) is 0 Å². The number of nitrogens with one attached hydrogen (secondary N) is 1. The average Bonchev–Trinajstić information content (AvgIpc) is 1.94. The third-order valence-corrected chi connectivity index (χ3v) is 2.17. The van der Waals surface area contributed by atoms with Crippen LogP contribution in [0.5, 0.6) is 0 Å². The van der Waals surface area contributed by atoms with Crippen LogP contribution in [0.1, 0.15) is 34.6 Å². The molecule has 0 aromatic carbocycles. The van der Waals surface area contributed by atoms with Crippen LogP contribution in [-0.2, 0) is 9.59 Å². The number of carbonyl (C=O) groups is 2. The highest BCUT2D eigenvalue weighted by atomic mass is 32.1. The first-order valence-electron chi connectivity index (χ1n) is 4.72. The molecule has 0 saturated carbocycles. The van der Waals surface area contributed by atoms with Gasteiger partial charge in [0.2, 0.25) is 5.91 Å². The molecule has 0 spiro atoms. The molecular formula is C10H19NO3S. The smallest absolute Gasteiger partial charge is 0.327 e. The van der Waals surface area contributed by atoms with Gasteiger partial charge in [0, 0.05) is 10.2 Å². The lowest BCUT2D eigenvalue weighted by molar-refractivity contribution is -0.144. The van der Waals surface area contributed by atoms with Gasteiger partial charge in [-0.15, -0.1) is 0 Å². The van der Waals surface area contributed by atoms with E-state index < -0.39 is 22.2 Å². The van der Waals surface area contributed by atoms with Crippen molar-refractivity contribution in [2.45, 2.75) is 45.4 Å². The molecule has 4 nitrogen and oxygen atoms in total. The molecule has 0 aliphatic rings. The molecule has 0 bridgehead atoms. The molecule has 88 valence electrons. The third kappa shape index (κ3) is 4.55. The highest BCUT2D eigenvalue weighted by Crippen LogP contribution is 2.20. The number of hydrogen-bond acceptors (Lipinski definition) is 3. The summed E-state index contributed by atoms with van der Waals surface area (Å²) in [6.07, 6.45) is 0. The monoisotopic (exact) mass is 233 g/mol. The van der Waals surface area contributed by atoms with Gasteiger partial charge in [-0.1, -0.05) is 20.8 Å². The number of hydrogen-bond donors (Lipinski definition) is 3. The predicted molar refractivity (Wildman–Crippen MR) is 62.1 cm³/mol. The Morgan fingerprint density at radius 3 is 1.80 bits per heavy atom. The molecule has 2 N–H and O–H groups in total. The second-order valence-corrected chi connectivity index (χ2v) is 6.30. The summed E-state index contributed by atoms with van der Waals surface area (Å²) >= 11 is 4.16. The van der Waals surface area contributed by atoms with Crippen LogP contribution in [0.25, 0.3) is 0 Å². The minimum Gasteiger partial charge on any atom is -0.480 e. The topological polar surface area (TPSA) is 66.4 Å². The zero-order chi connectivity index (χ0) is 12.4. The molecule has 15 heavy (non-hydrogen) atoms. The summed E-state index contributed by atoms with van der Waals surface area (Å²) in [5, 5.41) is 11.4. The number of aliphatic carboxylic acids is 1. The lowest BCUT2D eigenvalue weighted by atomic mass is 9.93. The fourth-order valence-electron chi connectivity index (χ4n) is 0.888. The molecule has 0 aromatic heterocycles. The Balaban J connectivity index is 4.74. The number of carboxylic acids is 1. The fraction of sp³-hybridized carbons (Fsp3) is 0.800. The van der Waals surface area contributed by atoms with Crippen LogP contribution in [0.4, 0.5) is 0 Å². The number of amides is 1. The molecule has 1 unspecified atom stereocenters. The number of carbonyl (C=O) groups excluding carboxylic acids is 1. The van der Waals surface area contributed by atoms with Crippen molar-refractivity contribution in [1.82, 2.24) is 5.32 Å². The maximum absolute atomic E-state index is 11.6. The average molecular weight is 233 g/mol. The van der Waals surface area contributed by atoms with Gasteiger partial charge in [-0.25, -0.2) is 4.79 Å². The first-order chi connectivity index (χ1) is 6.46. The highest BCUT2D eigenvalue weighted by Gasteiger charge is 2.36. The normalized spacial score (nSPS) is 14.5. The summed E-state index contributed by atoms with van der Waals surface area (Å²) in [6.45, 7) is 8.49. The van der Waals surface area contributed by atoms with Gasteiger partial charge in [-0.3, -0.25) is 4.79 Å². The predicted octanol–water partition coefficient (Wildman–Crippen LogP) is 1.31. The molecule has 0 aliphatic carbocycles. The van der Waals surface area contributed by atoms with E-state index in [2.05, 4.69) is 17.9 Å². The minimum atomic E-state index is -1.08. The van der Waals surface area contributed by atoms with Gasteiger partial charge in [-0.05, 0) is 13.8 Å². The Bertz CT molecular complexity index is 263. The van der Waals surface area contributed by atoms with Crippen molar-refractivity contribution in [2.24, 2.45) is 5.41 Å². The summed E-state index contributed by atoms with van der Waals surface area (Å²) in [5.41, 5.74) is -0.604. The largest absolute Gasteiger partial charge is 0.480 e. The van der Waals surface area contributed by atoms with Crippen molar-refractivity contribution >= 4 is 24.5 Å². The molecule has 0 heterocycles. The zero-order valence-corrected chi connectivity index (χ0v) is 10.7. The Labute approximate surface area is 95.8 Å². The number of thiol groups is 1. The van der Waals surface area contributed by atoms with E-state index >= 15 is 0 Å². The number of rotatable bonds is 3. The van der Waals surface area contributed by atoms with Crippen LogP contribution in [0.15, 0.2) is 0 Å². The van der Waals surface area contributed by atoms with Gasteiger partial charge in [0.05, 0.1) is 0 Å². The van der Waals surface area contributed by atoms with E-state index in [1.54, 1.807) is 34.6 Å². The van der Waals surface area contributed by atoms with Crippen LogP contribution >= 0.6 is 12.6 Å². The van der Waals surface area contributed by atoms with Gasteiger partial charge in [0.15, 0.2) is 0 Å². The Morgan fingerprint density at radius 1 is 1.20 bits per heavy atom. The summed E-state index contributed by atoms with van der Waals surface area (Å²) in [5.74, 6) is -1.37. The molecule has 1 amide bonds. The first-order valence-corrected chi connectivity index (χ1v) is 5.17. The third-order valence-electron chi connectivity index (χ3n) is 1.91. The first kappa shape index (κ1) is 14.3. The van der Waals surface area contributed by atoms with Crippen molar-refractivity contribution in [2.75, 3.05) is 0 Å². The number of carboxylic acid groups (broad SMARTS) is 1. The van der Waals surface area contributed by atoms with Crippen molar-refractivity contribution in [3.05, 3.63) is 0 Å². The fourth-order valence-corrected chi connectivity index (χ4v) is 1.06. The van der Waals surface area contributed by atoms with Crippen LogP contribution in [0.3, 0.4) is 0 Å². The van der Waals surface area contributed by atoms with Crippen LogP contribution in [0, 0.1) is 5.41 Å². The minimum absolute atomic E-state index is 0.294. The quantitative estimate of drug-likeness (QED) is 0.644. The van der Waals surface area contributed by atoms with Gasteiger partial charge >= 0.3 is 5.97 Å². The van der Waals surface area contributed by atoms with Gasteiger partial charge in [0.1, 0.15) is 6.04 Å². The lowest BCUT2D eigenvalue weighted by Gasteiger charge is -2.29. The molecule has 0 fully saturated rings. The van der Waals surface area contributed by atoms with E-state index in [0.717, 1.165) is 0 Å². The van der Waals surface area contributed by atoms with E-state index in [1.165, 1.54) is 0 Å². The maximum atomic E-state index is 11.6. The van der Waals surface area contributed by atoms with E-state index in [-0.39, 0.29) is 5.91 Å². The summed E-state index contributed by atoms with van der Waals surface area (Å²) in [7, 11) is 0.